The molecule has 0 saturated carbocycles. The molecule has 2 amide bonds. The van der Waals surface area contributed by atoms with Crippen molar-refractivity contribution in [1.82, 2.24) is 20.2 Å². The third-order valence-electron chi connectivity index (χ3n) is 4.25. The molecular formula is C17H18Cl2N4O2. The number of hydrogen-bond donors (Lipinski definition) is 2. The number of aromatic nitrogens is 2. The van der Waals surface area contributed by atoms with Gasteiger partial charge in [-0.15, -0.1) is 0 Å². The van der Waals surface area contributed by atoms with Gasteiger partial charge in [-0.1, -0.05) is 23.2 Å². The molecule has 2 aromatic rings. The number of amides is 2. The molecule has 8 heteroatoms. The largest absolute Gasteiger partial charge is 0.348 e. The Morgan fingerprint density at radius 3 is 2.96 bits per heavy atom. The van der Waals surface area contributed by atoms with Crippen LogP contribution < -0.4 is 5.32 Å². The summed E-state index contributed by atoms with van der Waals surface area (Å²) in [5.41, 5.74) is 0.258. The Labute approximate surface area is 155 Å². The van der Waals surface area contributed by atoms with Crippen molar-refractivity contribution in [1.29, 1.82) is 0 Å². The highest BCUT2D eigenvalue weighted by Gasteiger charge is 2.26. The Kier molecular flexibility index (Phi) is 5.60. The summed E-state index contributed by atoms with van der Waals surface area (Å²) < 4.78 is 0. The van der Waals surface area contributed by atoms with Gasteiger partial charge in [-0.2, -0.15) is 0 Å². The van der Waals surface area contributed by atoms with E-state index >= 15 is 0 Å². The van der Waals surface area contributed by atoms with Crippen molar-refractivity contribution in [2.24, 2.45) is 0 Å². The Balaban J connectivity index is 1.57. The van der Waals surface area contributed by atoms with E-state index in [0.29, 0.717) is 23.1 Å². The highest BCUT2D eigenvalue weighted by Crippen LogP contribution is 2.24. The number of nitrogens with zero attached hydrogens (tertiary/aromatic N) is 2. The van der Waals surface area contributed by atoms with Gasteiger partial charge in [-0.05, 0) is 31.0 Å². The van der Waals surface area contributed by atoms with Crippen LogP contribution >= 0.6 is 23.2 Å². The predicted octanol–water partition coefficient (Wildman–Crippen LogP) is 2.85. The molecule has 0 bridgehead atoms. The van der Waals surface area contributed by atoms with E-state index in [-0.39, 0.29) is 23.9 Å². The lowest BCUT2D eigenvalue weighted by atomic mass is 9.97. The Morgan fingerprint density at radius 1 is 1.36 bits per heavy atom. The monoisotopic (exact) mass is 380 g/mol. The van der Waals surface area contributed by atoms with Crippen molar-refractivity contribution in [3.63, 3.8) is 0 Å². The fourth-order valence-electron chi connectivity index (χ4n) is 2.96. The molecule has 1 aromatic heterocycles. The van der Waals surface area contributed by atoms with E-state index in [4.69, 9.17) is 23.2 Å². The van der Waals surface area contributed by atoms with Crippen molar-refractivity contribution in [2.75, 3.05) is 19.6 Å². The summed E-state index contributed by atoms with van der Waals surface area (Å²) in [6.07, 6.45) is 5.39. The fraction of sp³-hybridized carbons (Fsp3) is 0.353. The second-order valence-electron chi connectivity index (χ2n) is 5.96. The first kappa shape index (κ1) is 17.8. The average Bonchev–Trinajstić information content (AvgIpc) is 3.16. The molecular weight excluding hydrogens is 363 g/mol. The molecule has 0 radical (unpaired) electrons. The number of H-pyrrole nitrogens is 1. The first-order valence-corrected chi connectivity index (χ1v) is 8.80. The number of imidazole rings is 1. The van der Waals surface area contributed by atoms with E-state index in [1.807, 2.05) is 0 Å². The van der Waals surface area contributed by atoms with Gasteiger partial charge in [0, 0.05) is 36.4 Å². The third kappa shape index (κ3) is 4.32. The molecule has 2 N–H and O–H groups in total. The van der Waals surface area contributed by atoms with Gasteiger partial charge in [0.2, 0.25) is 5.91 Å². The minimum absolute atomic E-state index is 0.0768. The zero-order valence-electron chi connectivity index (χ0n) is 13.5. The summed E-state index contributed by atoms with van der Waals surface area (Å²) in [5, 5.41) is 3.33. The average molecular weight is 381 g/mol. The van der Waals surface area contributed by atoms with Crippen LogP contribution in [0.2, 0.25) is 10.0 Å². The van der Waals surface area contributed by atoms with Crippen LogP contribution in [0, 0.1) is 0 Å². The minimum atomic E-state index is -0.416. The minimum Gasteiger partial charge on any atom is -0.348 e. The third-order valence-corrected chi connectivity index (χ3v) is 4.82. The van der Waals surface area contributed by atoms with E-state index in [9.17, 15) is 9.59 Å². The van der Waals surface area contributed by atoms with Crippen LogP contribution in [0.4, 0.5) is 0 Å². The SMILES string of the molecule is O=C(NCC(=O)N1CCC[C@H](c2ncc[nH]2)C1)c1cc(Cl)ccc1Cl. The van der Waals surface area contributed by atoms with Gasteiger partial charge in [0.1, 0.15) is 5.82 Å². The molecule has 1 fully saturated rings. The molecule has 1 atom stereocenters. The summed E-state index contributed by atoms with van der Waals surface area (Å²) in [4.78, 5) is 33.8. The smallest absolute Gasteiger partial charge is 0.253 e. The molecule has 6 nitrogen and oxygen atoms in total. The van der Waals surface area contributed by atoms with E-state index in [1.165, 1.54) is 6.07 Å². The van der Waals surface area contributed by atoms with Gasteiger partial charge in [0.15, 0.2) is 0 Å². The fourth-order valence-corrected chi connectivity index (χ4v) is 3.34. The lowest BCUT2D eigenvalue weighted by molar-refractivity contribution is -0.131. The molecule has 132 valence electrons. The summed E-state index contributed by atoms with van der Waals surface area (Å²) in [7, 11) is 0. The van der Waals surface area contributed by atoms with Gasteiger partial charge in [0.05, 0.1) is 17.1 Å². The van der Waals surface area contributed by atoms with Crippen LogP contribution in [0.15, 0.2) is 30.6 Å². The summed E-state index contributed by atoms with van der Waals surface area (Å²) >= 11 is 11.9. The number of benzene rings is 1. The van der Waals surface area contributed by atoms with E-state index in [2.05, 4.69) is 15.3 Å². The zero-order valence-corrected chi connectivity index (χ0v) is 15.0. The van der Waals surface area contributed by atoms with Crippen LogP contribution in [0.3, 0.4) is 0 Å². The Hall–Kier alpha value is -2.05. The number of nitrogens with one attached hydrogen (secondary N) is 2. The van der Waals surface area contributed by atoms with Crippen LogP contribution in [-0.2, 0) is 4.79 Å². The number of carbonyl (C=O) groups excluding carboxylic acids is 2. The van der Waals surface area contributed by atoms with Crippen molar-refractivity contribution in [2.45, 2.75) is 18.8 Å². The molecule has 0 unspecified atom stereocenters. The first-order valence-electron chi connectivity index (χ1n) is 8.05. The molecule has 1 aromatic carbocycles. The second-order valence-corrected chi connectivity index (χ2v) is 6.80. The van der Waals surface area contributed by atoms with Crippen LogP contribution in [0.1, 0.15) is 34.9 Å². The van der Waals surface area contributed by atoms with Gasteiger partial charge >= 0.3 is 0 Å². The van der Waals surface area contributed by atoms with Crippen LogP contribution in [0.25, 0.3) is 0 Å². The maximum atomic E-state index is 12.4. The number of rotatable bonds is 4. The maximum absolute atomic E-state index is 12.4. The van der Waals surface area contributed by atoms with Gasteiger partial charge < -0.3 is 15.2 Å². The van der Waals surface area contributed by atoms with Crippen LogP contribution in [0.5, 0.6) is 0 Å². The first-order chi connectivity index (χ1) is 12.0. The number of halogens is 2. The lowest BCUT2D eigenvalue weighted by Gasteiger charge is -2.32. The van der Waals surface area contributed by atoms with Crippen molar-refractivity contribution < 1.29 is 9.59 Å². The van der Waals surface area contributed by atoms with Crippen molar-refractivity contribution in [3.05, 3.63) is 52.0 Å². The predicted molar refractivity (Wildman–Crippen MR) is 95.9 cm³/mol. The molecule has 1 saturated heterocycles. The lowest BCUT2D eigenvalue weighted by Crippen LogP contribution is -2.44. The van der Waals surface area contributed by atoms with Gasteiger partial charge in [0.25, 0.3) is 5.91 Å². The molecule has 1 aliphatic rings. The van der Waals surface area contributed by atoms with Gasteiger partial charge in [-0.3, -0.25) is 9.59 Å². The number of likely N-dealkylation sites (tertiary alicyclic amines) is 1. The number of aromatic amines is 1. The molecule has 25 heavy (non-hydrogen) atoms. The van der Waals surface area contributed by atoms with Crippen LogP contribution in [-0.4, -0.2) is 46.3 Å². The Morgan fingerprint density at radius 2 is 2.20 bits per heavy atom. The zero-order chi connectivity index (χ0) is 17.8. The summed E-state index contributed by atoms with van der Waals surface area (Å²) in [5.74, 6) is 0.557. The molecule has 1 aliphatic heterocycles. The second kappa shape index (κ2) is 7.89. The summed E-state index contributed by atoms with van der Waals surface area (Å²) in [6.45, 7) is 1.20. The number of carbonyl (C=O) groups is 2. The molecule has 3 rings (SSSR count). The van der Waals surface area contributed by atoms with Crippen molar-refractivity contribution in [3.8, 4) is 0 Å². The molecule has 0 aliphatic carbocycles. The standard InChI is InChI=1S/C17H18Cl2N4O2/c18-12-3-4-14(19)13(8-12)17(25)22-9-15(24)23-7-1-2-11(10-23)16-20-5-6-21-16/h3-6,8,11H,1-2,7,9-10H2,(H,20,21)(H,22,25)/t11-/m0/s1. The summed E-state index contributed by atoms with van der Waals surface area (Å²) in [6, 6.07) is 4.64. The quantitative estimate of drug-likeness (QED) is 0.855. The van der Waals surface area contributed by atoms with E-state index in [0.717, 1.165) is 18.7 Å². The highest BCUT2D eigenvalue weighted by molar-refractivity contribution is 6.35. The molecule has 2 heterocycles. The van der Waals surface area contributed by atoms with Gasteiger partial charge in [-0.25, -0.2) is 4.98 Å². The van der Waals surface area contributed by atoms with Crippen molar-refractivity contribution >= 4 is 35.0 Å². The normalized spacial score (nSPS) is 17.4. The topological polar surface area (TPSA) is 78.1 Å². The van der Waals surface area contributed by atoms with E-state index < -0.39 is 5.91 Å². The Bertz CT molecular complexity index is 764. The number of hydrogen-bond acceptors (Lipinski definition) is 3. The highest BCUT2D eigenvalue weighted by atomic mass is 35.5. The molecule has 0 spiro atoms. The maximum Gasteiger partial charge on any atom is 0.253 e. The number of piperidine rings is 1. The van der Waals surface area contributed by atoms with E-state index in [1.54, 1.807) is 29.4 Å².